The number of amides is 1. The Kier molecular flexibility index (Phi) is 5.70. The van der Waals surface area contributed by atoms with Gasteiger partial charge in [0.15, 0.2) is 10.3 Å². The number of carbonyl (C=O) groups is 1. The van der Waals surface area contributed by atoms with E-state index in [2.05, 4.69) is 15.3 Å². The van der Waals surface area contributed by atoms with Crippen LogP contribution in [0.5, 0.6) is 0 Å². The fourth-order valence-corrected chi connectivity index (χ4v) is 3.85. The van der Waals surface area contributed by atoms with Gasteiger partial charge in [0.05, 0.1) is 17.0 Å². The van der Waals surface area contributed by atoms with E-state index in [4.69, 9.17) is 0 Å². The molecule has 1 unspecified atom stereocenters. The summed E-state index contributed by atoms with van der Waals surface area (Å²) in [6.07, 6.45) is 10.6. The van der Waals surface area contributed by atoms with Gasteiger partial charge in [-0.3, -0.25) is 14.3 Å². The largest absolute Gasteiger partial charge is 0.298 e. The van der Waals surface area contributed by atoms with Crippen LogP contribution in [0.25, 0.3) is 5.57 Å². The van der Waals surface area contributed by atoms with Crippen molar-refractivity contribution in [2.24, 2.45) is 5.92 Å². The molecular weight excluding hydrogens is 361 g/mol. The Morgan fingerprint density at radius 3 is 2.64 bits per heavy atom. The Hall–Kier alpha value is -1.93. The normalized spacial score (nSPS) is 16.8. The minimum Gasteiger partial charge on any atom is -0.298 e. The molecule has 8 heteroatoms. The van der Waals surface area contributed by atoms with Crippen LogP contribution in [0, 0.1) is 11.0 Å². The minimum atomic E-state index is -1.17. The summed E-state index contributed by atoms with van der Waals surface area (Å²) < 4.78 is 24.6. The molecule has 0 saturated heterocycles. The maximum absolute atomic E-state index is 13.1. The van der Waals surface area contributed by atoms with Crippen LogP contribution in [-0.4, -0.2) is 26.3 Å². The number of carbonyl (C=O) groups excluding carboxylic acids is 1. The van der Waals surface area contributed by atoms with Gasteiger partial charge in [0, 0.05) is 23.6 Å². The third-order valence-electron chi connectivity index (χ3n) is 4.09. The molecule has 2 aromatic rings. The van der Waals surface area contributed by atoms with Crippen LogP contribution in [0.4, 0.5) is 9.52 Å². The van der Waals surface area contributed by atoms with E-state index in [0.717, 1.165) is 43.2 Å². The summed E-state index contributed by atoms with van der Waals surface area (Å²) >= 11 is 0.785. The van der Waals surface area contributed by atoms with E-state index in [1.165, 1.54) is 0 Å². The number of hydrogen-bond donors (Lipinski definition) is 1. The number of aromatic nitrogens is 2. The van der Waals surface area contributed by atoms with Crippen molar-refractivity contribution < 1.29 is 13.4 Å². The zero-order valence-electron chi connectivity index (χ0n) is 13.7. The first kappa shape index (κ1) is 17.9. The van der Waals surface area contributed by atoms with Gasteiger partial charge in [0.1, 0.15) is 5.03 Å². The lowest BCUT2D eigenvalue weighted by Gasteiger charge is -2.11. The van der Waals surface area contributed by atoms with Crippen molar-refractivity contribution in [2.75, 3.05) is 11.6 Å². The average Bonchev–Trinajstić information content (AvgIpc) is 3.24. The van der Waals surface area contributed by atoms with Crippen molar-refractivity contribution in [3.63, 3.8) is 0 Å². The van der Waals surface area contributed by atoms with Crippen LogP contribution < -0.4 is 5.32 Å². The highest BCUT2D eigenvalue weighted by atomic mass is 32.2. The number of thiazole rings is 1. The van der Waals surface area contributed by atoms with Crippen LogP contribution in [0.1, 0.15) is 31.2 Å². The number of nitrogens with one attached hydrogen (secondary N) is 1. The van der Waals surface area contributed by atoms with Crippen LogP contribution in [0.2, 0.25) is 0 Å². The highest BCUT2D eigenvalue weighted by molar-refractivity contribution is 7.84. The van der Waals surface area contributed by atoms with Gasteiger partial charge in [0.2, 0.25) is 0 Å². The highest BCUT2D eigenvalue weighted by Gasteiger charge is 2.20. The van der Waals surface area contributed by atoms with E-state index in [0.29, 0.717) is 22.1 Å². The average molecular weight is 379 g/mol. The predicted octanol–water partition coefficient (Wildman–Crippen LogP) is 3.63. The summed E-state index contributed by atoms with van der Waals surface area (Å²) in [5.41, 5.74) is 1.14. The van der Waals surface area contributed by atoms with Crippen LogP contribution >= 0.6 is 11.3 Å². The lowest BCUT2D eigenvalue weighted by atomic mass is 9.99. The third kappa shape index (κ3) is 4.58. The predicted molar refractivity (Wildman–Crippen MR) is 97.2 cm³/mol. The van der Waals surface area contributed by atoms with Crippen molar-refractivity contribution in [1.29, 1.82) is 0 Å². The SMILES string of the molecule is CS(=O)c1ccc(C(=CC2CCCC2)C(=O)Nc2ncc(F)s2)cn1. The first-order valence-electron chi connectivity index (χ1n) is 7.97. The molecule has 1 fully saturated rings. The molecule has 1 atom stereocenters. The third-order valence-corrected chi connectivity index (χ3v) is 5.62. The molecule has 1 N–H and O–H groups in total. The summed E-state index contributed by atoms with van der Waals surface area (Å²) in [5, 5.41) is 2.88. The zero-order valence-corrected chi connectivity index (χ0v) is 15.3. The maximum atomic E-state index is 13.1. The second-order valence-electron chi connectivity index (χ2n) is 5.89. The van der Waals surface area contributed by atoms with Gasteiger partial charge in [0.25, 0.3) is 5.91 Å². The topological polar surface area (TPSA) is 72.0 Å². The highest BCUT2D eigenvalue weighted by Crippen LogP contribution is 2.30. The van der Waals surface area contributed by atoms with E-state index in [1.807, 2.05) is 6.08 Å². The van der Waals surface area contributed by atoms with Crippen LogP contribution in [-0.2, 0) is 15.6 Å². The molecule has 0 radical (unpaired) electrons. The van der Waals surface area contributed by atoms with Crippen LogP contribution in [0.3, 0.4) is 0 Å². The number of hydrogen-bond acceptors (Lipinski definition) is 5. The number of anilines is 1. The van der Waals surface area contributed by atoms with Gasteiger partial charge in [-0.25, -0.2) is 9.97 Å². The van der Waals surface area contributed by atoms with Crippen molar-refractivity contribution >= 4 is 38.7 Å². The van der Waals surface area contributed by atoms with Crippen molar-refractivity contribution in [2.45, 2.75) is 30.7 Å². The molecule has 2 aromatic heterocycles. The molecule has 2 heterocycles. The Labute approximate surface area is 151 Å². The quantitative estimate of drug-likeness (QED) is 0.806. The second kappa shape index (κ2) is 7.97. The molecule has 1 aliphatic rings. The first-order chi connectivity index (χ1) is 12.0. The molecule has 5 nitrogen and oxygen atoms in total. The summed E-state index contributed by atoms with van der Waals surface area (Å²) in [7, 11) is -1.17. The van der Waals surface area contributed by atoms with Gasteiger partial charge in [-0.1, -0.05) is 30.3 Å². The fraction of sp³-hybridized carbons (Fsp3) is 0.353. The molecule has 3 rings (SSSR count). The Bertz CT molecular complexity index is 812. The molecule has 1 aliphatic carbocycles. The van der Waals surface area contributed by atoms with E-state index >= 15 is 0 Å². The second-order valence-corrected chi connectivity index (χ2v) is 8.20. The number of halogens is 1. The number of rotatable bonds is 5. The van der Waals surface area contributed by atoms with Gasteiger partial charge in [-0.05, 0) is 30.9 Å². The Morgan fingerprint density at radius 2 is 2.08 bits per heavy atom. The van der Waals surface area contributed by atoms with E-state index in [9.17, 15) is 13.4 Å². The maximum Gasteiger partial charge on any atom is 0.257 e. The lowest BCUT2D eigenvalue weighted by molar-refractivity contribution is -0.111. The monoisotopic (exact) mass is 379 g/mol. The van der Waals surface area contributed by atoms with E-state index < -0.39 is 15.9 Å². The van der Waals surface area contributed by atoms with E-state index in [1.54, 1.807) is 24.6 Å². The molecule has 1 amide bonds. The summed E-state index contributed by atoms with van der Waals surface area (Å²) in [5.74, 6) is 0.00202. The van der Waals surface area contributed by atoms with Crippen LogP contribution in [0.15, 0.2) is 35.6 Å². The van der Waals surface area contributed by atoms with Gasteiger partial charge < -0.3 is 0 Å². The van der Waals surface area contributed by atoms with Crippen molar-refractivity contribution in [3.05, 3.63) is 41.3 Å². The summed E-state index contributed by atoms with van der Waals surface area (Å²) in [4.78, 5) is 20.7. The molecule has 0 aromatic carbocycles. The van der Waals surface area contributed by atoms with Gasteiger partial charge in [-0.2, -0.15) is 4.39 Å². The summed E-state index contributed by atoms with van der Waals surface area (Å²) in [6, 6.07) is 3.40. The van der Waals surface area contributed by atoms with Gasteiger partial charge in [-0.15, -0.1) is 0 Å². The number of pyridine rings is 1. The lowest BCUT2D eigenvalue weighted by Crippen LogP contribution is -2.14. The molecule has 0 bridgehead atoms. The molecule has 1 saturated carbocycles. The Morgan fingerprint density at radius 1 is 1.32 bits per heavy atom. The standard InChI is InChI=1S/C17H18FN3O2S2/c1-25(23)15-7-6-12(9-19-15)13(8-11-4-2-3-5-11)16(22)21-17-20-10-14(18)24-17/h6-11H,2-5H2,1H3,(H,20,21,22). The first-order valence-corrected chi connectivity index (χ1v) is 10.3. The van der Waals surface area contributed by atoms with Gasteiger partial charge >= 0.3 is 0 Å². The summed E-state index contributed by atoms with van der Waals surface area (Å²) in [6.45, 7) is 0. The Balaban J connectivity index is 1.88. The van der Waals surface area contributed by atoms with Crippen molar-refractivity contribution in [3.8, 4) is 0 Å². The molecule has 0 aliphatic heterocycles. The zero-order chi connectivity index (χ0) is 17.8. The van der Waals surface area contributed by atoms with Crippen molar-refractivity contribution in [1.82, 2.24) is 9.97 Å². The molecule has 132 valence electrons. The smallest absolute Gasteiger partial charge is 0.257 e. The fourth-order valence-electron chi connectivity index (χ4n) is 2.85. The number of nitrogens with zero attached hydrogens (tertiary/aromatic N) is 2. The van der Waals surface area contributed by atoms with E-state index in [-0.39, 0.29) is 11.0 Å². The number of allylic oxidation sites excluding steroid dienone is 1. The molecule has 0 spiro atoms. The molecular formula is C17H18FN3O2S2. The molecule has 25 heavy (non-hydrogen) atoms. The minimum absolute atomic E-state index is 0.221.